The molecule has 5 rings (SSSR count). The van der Waals surface area contributed by atoms with E-state index in [1.165, 1.54) is 30.5 Å². The Bertz CT molecular complexity index is 1030. The van der Waals surface area contributed by atoms with Crippen molar-refractivity contribution in [2.45, 2.75) is 65.1 Å². The number of halogens is 1. The molecule has 1 atom stereocenters. The number of pyridine rings is 1. The Morgan fingerprint density at radius 2 is 1.94 bits per heavy atom. The molecule has 0 bridgehead atoms. The Balaban J connectivity index is 0.000000535. The van der Waals surface area contributed by atoms with Gasteiger partial charge in [-0.1, -0.05) is 11.6 Å². The minimum atomic E-state index is -0.167. The van der Waals surface area contributed by atoms with Crippen LogP contribution in [0.2, 0.25) is 5.15 Å². The summed E-state index contributed by atoms with van der Waals surface area (Å²) in [6.45, 7) is 8.66. The standard InChI is InChI=1S/C20H23ClN6.C3H8O/c1-13-9-16-15(20(24-12-23-16)26-7-3-2-4-8-26)11-27(13)17-10-18(21)25-19-14(17)5-6-22-19;1-3(2)4/h5-6,10,12-13H,2-4,7-9,11H2,1H3,(H,22,25);3-4H,1-2H3. The fourth-order valence-corrected chi connectivity index (χ4v) is 4.61. The summed E-state index contributed by atoms with van der Waals surface area (Å²) in [5, 5.41) is 9.67. The van der Waals surface area contributed by atoms with E-state index >= 15 is 0 Å². The molecule has 3 aromatic rings. The number of H-pyrrole nitrogens is 1. The van der Waals surface area contributed by atoms with E-state index in [0.29, 0.717) is 11.2 Å². The van der Waals surface area contributed by atoms with Gasteiger partial charge < -0.3 is 19.9 Å². The van der Waals surface area contributed by atoms with E-state index < -0.39 is 0 Å². The van der Waals surface area contributed by atoms with Crippen LogP contribution < -0.4 is 9.80 Å². The van der Waals surface area contributed by atoms with Crippen LogP contribution in [0.3, 0.4) is 0 Å². The lowest BCUT2D eigenvalue weighted by atomic mass is 9.98. The second-order valence-electron chi connectivity index (χ2n) is 8.65. The zero-order chi connectivity index (χ0) is 22.0. The number of aliphatic hydroxyl groups is 1. The maximum atomic E-state index is 8.06. The maximum absolute atomic E-state index is 8.06. The van der Waals surface area contributed by atoms with Gasteiger partial charge in [0, 0.05) is 55.3 Å². The highest BCUT2D eigenvalue weighted by atomic mass is 35.5. The number of piperidine rings is 1. The number of nitrogens with zero attached hydrogens (tertiary/aromatic N) is 5. The van der Waals surface area contributed by atoms with Crippen LogP contribution in [-0.4, -0.2) is 50.3 Å². The average Bonchev–Trinajstić information content (AvgIpc) is 3.21. The van der Waals surface area contributed by atoms with Crippen LogP contribution in [0.4, 0.5) is 11.5 Å². The van der Waals surface area contributed by atoms with E-state index in [0.717, 1.165) is 48.6 Å². The van der Waals surface area contributed by atoms with E-state index in [2.05, 4.69) is 42.7 Å². The molecule has 2 aliphatic heterocycles. The smallest absolute Gasteiger partial charge is 0.141 e. The zero-order valence-corrected chi connectivity index (χ0v) is 19.2. The molecular weight excluding hydrogens is 412 g/mol. The van der Waals surface area contributed by atoms with Gasteiger partial charge in [-0.05, 0) is 52.2 Å². The van der Waals surface area contributed by atoms with Crippen molar-refractivity contribution in [2.24, 2.45) is 0 Å². The number of hydrogen-bond donors (Lipinski definition) is 2. The summed E-state index contributed by atoms with van der Waals surface area (Å²) in [6.07, 6.45) is 8.19. The summed E-state index contributed by atoms with van der Waals surface area (Å²) >= 11 is 6.31. The third-order valence-corrected chi connectivity index (χ3v) is 6.00. The van der Waals surface area contributed by atoms with Gasteiger partial charge in [-0.15, -0.1) is 0 Å². The van der Waals surface area contributed by atoms with Crippen LogP contribution in [0.1, 0.15) is 51.3 Å². The molecule has 8 heteroatoms. The number of aromatic amines is 1. The maximum Gasteiger partial charge on any atom is 0.141 e. The first kappa shape index (κ1) is 21.8. The minimum Gasteiger partial charge on any atom is -0.394 e. The molecule has 1 saturated heterocycles. The van der Waals surface area contributed by atoms with Crippen molar-refractivity contribution in [2.75, 3.05) is 22.9 Å². The predicted molar refractivity (Wildman–Crippen MR) is 126 cm³/mol. The molecule has 31 heavy (non-hydrogen) atoms. The summed E-state index contributed by atoms with van der Waals surface area (Å²) in [5.41, 5.74) is 4.39. The van der Waals surface area contributed by atoms with Crippen molar-refractivity contribution in [3.05, 3.63) is 41.1 Å². The van der Waals surface area contributed by atoms with Gasteiger partial charge in [-0.2, -0.15) is 0 Å². The van der Waals surface area contributed by atoms with Gasteiger partial charge >= 0.3 is 0 Å². The first-order valence-corrected chi connectivity index (χ1v) is 11.5. The number of aromatic nitrogens is 4. The largest absolute Gasteiger partial charge is 0.394 e. The fraction of sp³-hybridized carbons (Fsp3) is 0.522. The summed E-state index contributed by atoms with van der Waals surface area (Å²) in [4.78, 5) is 21.7. The van der Waals surface area contributed by atoms with Crippen molar-refractivity contribution >= 4 is 34.1 Å². The Labute approximate surface area is 188 Å². The first-order chi connectivity index (χ1) is 14.9. The molecular formula is C23H31ClN6O. The van der Waals surface area contributed by atoms with Crippen molar-refractivity contribution in [1.29, 1.82) is 0 Å². The zero-order valence-electron chi connectivity index (χ0n) is 18.5. The molecule has 2 aliphatic rings. The molecule has 0 radical (unpaired) electrons. The second-order valence-corrected chi connectivity index (χ2v) is 9.04. The summed E-state index contributed by atoms with van der Waals surface area (Å²) in [5.74, 6) is 1.11. The molecule has 0 spiro atoms. The number of nitrogens with one attached hydrogen (secondary N) is 1. The van der Waals surface area contributed by atoms with Gasteiger partial charge in [0.15, 0.2) is 0 Å². The molecule has 0 amide bonds. The topological polar surface area (TPSA) is 81.2 Å². The van der Waals surface area contributed by atoms with Crippen LogP contribution in [0.15, 0.2) is 24.7 Å². The summed E-state index contributed by atoms with van der Waals surface area (Å²) in [6, 6.07) is 4.38. The van der Waals surface area contributed by atoms with E-state index in [1.807, 2.05) is 12.3 Å². The molecule has 7 nitrogen and oxygen atoms in total. The predicted octanol–water partition coefficient (Wildman–Crippen LogP) is 4.33. The second kappa shape index (κ2) is 9.40. The molecule has 5 heterocycles. The van der Waals surface area contributed by atoms with Crippen LogP contribution in [0.25, 0.3) is 11.0 Å². The van der Waals surface area contributed by atoms with Gasteiger partial charge in [0.05, 0.1) is 11.4 Å². The van der Waals surface area contributed by atoms with Gasteiger partial charge in [0.1, 0.15) is 22.9 Å². The quantitative estimate of drug-likeness (QED) is 0.575. The average molecular weight is 443 g/mol. The molecule has 0 saturated carbocycles. The van der Waals surface area contributed by atoms with E-state index in [-0.39, 0.29) is 6.10 Å². The summed E-state index contributed by atoms with van der Waals surface area (Å²) < 4.78 is 0. The highest BCUT2D eigenvalue weighted by Gasteiger charge is 2.30. The Hall–Kier alpha value is -2.38. The number of hydrogen-bond acceptors (Lipinski definition) is 6. The minimum absolute atomic E-state index is 0.167. The normalized spacial score (nSPS) is 18.7. The molecule has 1 fully saturated rings. The Kier molecular flexibility index (Phi) is 6.62. The van der Waals surface area contributed by atoms with Crippen molar-refractivity contribution in [3.63, 3.8) is 0 Å². The molecule has 0 aromatic carbocycles. The van der Waals surface area contributed by atoms with E-state index in [4.69, 9.17) is 16.7 Å². The SMILES string of the molecule is CC(C)O.CC1Cc2ncnc(N3CCCCC3)c2CN1c1cc(Cl)nc2[nH]ccc12. The lowest BCUT2D eigenvalue weighted by Crippen LogP contribution is -2.41. The van der Waals surface area contributed by atoms with Crippen molar-refractivity contribution < 1.29 is 5.11 Å². The van der Waals surface area contributed by atoms with Gasteiger partial charge in [-0.3, -0.25) is 0 Å². The third kappa shape index (κ3) is 4.77. The number of anilines is 2. The highest BCUT2D eigenvalue weighted by molar-refractivity contribution is 6.30. The molecule has 1 unspecified atom stereocenters. The van der Waals surface area contributed by atoms with Gasteiger partial charge in [-0.25, -0.2) is 15.0 Å². The molecule has 166 valence electrons. The van der Waals surface area contributed by atoms with Crippen molar-refractivity contribution in [3.8, 4) is 0 Å². The number of aliphatic hydroxyl groups excluding tert-OH is 1. The highest BCUT2D eigenvalue weighted by Crippen LogP contribution is 2.36. The molecule has 3 aromatic heterocycles. The van der Waals surface area contributed by atoms with Crippen LogP contribution in [0, 0.1) is 0 Å². The monoisotopic (exact) mass is 442 g/mol. The summed E-state index contributed by atoms with van der Waals surface area (Å²) in [7, 11) is 0. The lowest BCUT2D eigenvalue weighted by molar-refractivity contribution is 0.216. The Morgan fingerprint density at radius 3 is 2.68 bits per heavy atom. The third-order valence-electron chi connectivity index (χ3n) is 5.80. The van der Waals surface area contributed by atoms with E-state index in [9.17, 15) is 0 Å². The number of rotatable bonds is 2. The fourth-order valence-electron chi connectivity index (χ4n) is 4.42. The van der Waals surface area contributed by atoms with Crippen LogP contribution >= 0.6 is 11.6 Å². The van der Waals surface area contributed by atoms with Gasteiger partial charge in [0.25, 0.3) is 0 Å². The van der Waals surface area contributed by atoms with Crippen molar-refractivity contribution in [1.82, 2.24) is 19.9 Å². The van der Waals surface area contributed by atoms with Crippen LogP contribution in [-0.2, 0) is 13.0 Å². The van der Waals surface area contributed by atoms with Crippen LogP contribution in [0.5, 0.6) is 0 Å². The Morgan fingerprint density at radius 1 is 1.19 bits per heavy atom. The number of fused-ring (bicyclic) bond motifs is 2. The first-order valence-electron chi connectivity index (χ1n) is 11.1. The lowest BCUT2D eigenvalue weighted by Gasteiger charge is -2.39. The van der Waals surface area contributed by atoms with Gasteiger partial charge in [0.2, 0.25) is 0 Å². The van der Waals surface area contributed by atoms with E-state index in [1.54, 1.807) is 20.2 Å². The molecule has 2 N–H and O–H groups in total. The molecule has 0 aliphatic carbocycles.